The number of aryl methyl sites for hydroxylation is 2. The highest BCUT2D eigenvalue weighted by Crippen LogP contribution is 2.16. The number of ether oxygens (including phenoxy) is 2. The van der Waals surface area contributed by atoms with Crippen LogP contribution in [0, 0.1) is 0 Å². The monoisotopic (exact) mass is 340 g/mol. The average molecular weight is 340 g/mol. The van der Waals surface area contributed by atoms with Crippen molar-refractivity contribution in [3.63, 3.8) is 0 Å². The van der Waals surface area contributed by atoms with Crippen molar-refractivity contribution >= 4 is 18.1 Å². The Morgan fingerprint density at radius 2 is 1.56 bits per heavy atom. The highest BCUT2D eigenvalue weighted by Gasteiger charge is 2.20. The van der Waals surface area contributed by atoms with E-state index in [0.29, 0.717) is 12.0 Å². The molecule has 130 valence electrons. The van der Waals surface area contributed by atoms with E-state index in [0.717, 1.165) is 24.0 Å². The molecule has 5 heteroatoms. The van der Waals surface area contributed by atoms with Crippen molar-refractivity contribution in [2.24, 2.45) is 0 Å². The Morgan fingerprint density at radius 3 is 2.20 bits per heavy atom. The third kappa shape index (κ3) is 5.01. The molecule has 0 aromatic heterocycles. The van der Waals surface area contributed by atoms with E-state index in [2.05, 4.69) is 9.47 Å². The number of hydrogen-bond acceptors (Lipinski definition) is 5. The van der Waals surface area contributed by atoms with Crippen molar-refractivity contribution in [2.45, 2.75) is 33.1 Å². The molecule has 0 saturated carbocycles. The molecular weight excluding hydrogens is 320 g/mol. The number of rotatable bonds is 5. The van der Waals surface area contributed by atoms with Crippen LogP contribution in [0.15, 0.2) is 48.5 Å². The third-order valence-electron chi connectivity index (χ3n) is 3.68. The van der Waals surface area contributed by atoms with Gasteiger partial charge in [0.15, 0.2) is 0 Å². The van der Waals surface area contributed by atoms with Gasteiger partial charge in [-0.2, -0.15) is 0 Å². The number of benzene rings is 2. The summed E-state index contributed by atoms with van der Waals surface area (Å²) in [5.41, 5.74) is 2.42. The predicted octanol–water partition coefficient (Wildman–Crippen LogP) is 4.34. The number of carbonyl (C=O) groups is 3. The van der Waals surface area contributed by atoms with Crippen LogP contribution in [0.2, 0.25) is 0 Å². The Bertz CT molecular complexity index is 765. The van der Waals surface area contributed by atoms with Crippen molar-refractivity contribution < 1.29 is 23.9 Å². The molecule has 0 heterocycles. The molecule has 0 radical (unpaired) electrons. The minimum Gasteiger partial charge on any atom is -0.356 e. The Morgan fingerprint density at radius 1 is 0.880 bits per heavy atom. The minimum atomic E-state index is -1.33. The quantitative estimate of drug-likeness (QED) is 0.598. The molecule has 0 fully saturated rings. The van der Waals surface area contributed by atoms with Crippen LogP contribution in [0.4, 0.5) is 4.79 Å². The zero-order chi connectivity index (χ0) is 18.2. The molecule has 0 N–H and O–H groups in total. The van der Waals surface area contributed by atoms with Gasteiger partial charge in [-0.1, -0.05) is 50.6 Å². The van der Waals surface area contributed by atoms with Gasteiger partial charge in [-0.25, -0.2) is 14.4 Å². The summed E-state index contributed by atoms with van der Waals surface area (Å²) in [5.74, 6) is -1.69. The molecular formula is C20H20O5. The summed E-state index contributed by atoms with van der Waals surface area (Å²) in [6, 6.07) is 13.4. The summed E-state index contributed by atoms with van der Waals surface area (Å²) >= 11 is 0. The number of carbonyl (C=O) groups excluding carboxylic acids is 3. The van der Waals surface area contributed by atoms with Gasteiger partial charge in [0.2, 0.25) is 0 Å². The molecule has 0 amide bonds. The first-order valence-corrected chi connectivity index (χ1v) is 8.20. The van der Waals surface area contributed by atoms with E-state index in [4.69, 9.17) is 0 Å². The lowest BCUT2D eigenvalue weighted by Gasteiger charge is -2.09. The molecule has 2 aromatic rings. The SMILES string of the molecule is CCCc1cc(CC)ccc1C(=O)OC(=O)OC(=O)c1ccccc1. The van der Waals surface area contributed by atoms with Gasteiger partial charge in [0, 0.05) is 0 Å². The average Bonchev–Trinajstić information content (AvgIpc) is 2.62. The van der Waals surface area contributed by atoms with Crippen LogP contribution >= 0.6 is 0 Å². The predicted molar refractivity (Wildman–Crippen MR) is 92.5 cm³/mol. The second-order valence-electron chi connectivity index (χ2n) is 5.49. The van der Waals surface area contributed by atoms with Crippen LogP contribution in [0.3, 0.4) is 0 Å². The summed E-state index contributed by atoms with van der Waals surface area (Å²) in [5, 5.41) is 0. The zero-order valence-corrected chi connectivity index (χ0v) is 14.3. The second-order valence-corrected chi connectivity index (χ2v) is 5.49. The molecule has 2 aromatic carbocycles. The van der Waals surface area contributed by atoms with Crippen LogP contribution in [0.1, 0.15) is 52.1 Å². The van der Waals surface area contributed by atoms with Crippen LogP contribution < -0.4 is 0 Å². The smallest absolute Gasteiger partial charge is 0.356 e. The standard InChI is InChI=1S/C20H20O5/c1-3-8-16-13-14(4-2)11-12-17(16)19(22)25-20(23)24-18(21)15-9-6-5-7-10-15/h5-7,9-13H,3-4,8H2,1-2H3. The van der Waals surface area contributed by atoms with Gasteiger partial charge in [-0.3, -0.25) is 0 Å². The topological polar surface area (TPSA) is 69.7 Å². The van der Waals surface area contributed by atoms with Crippen molar-refractivity contribution in [1.29, 1.82) is 0 Å². The van der Waals surface area contributed by atoms with E-state index in [1.165, 1.54) is 12.1 Å². The molecule has 2 rings (SSSR count). The maximum atomic E-state index is 12.2. The van der Waals surface area contributed by atoms with E-state index in [1.54, 1.807) is 24.3 Å². The van der Waals surface area contributed by atoms with E-state index in [9.17, 15) is 14.4 Å². The van der Waals surface area contributed by atoms with Gasteiger partial charge in [0.05, 0.1) is 11.1 Å². The first-order valence-electron chi connectivity index (χ1n) is 8.20. The van der Waals surface area contributed by atoms with Crippen LogP contribution in [-0.2, 0) is 22.3 Å². The molecule has 0 atom stereocenters. The Labute approximate surface area is 146 Å². The molecule has 5 nitrogen and oxygen atoms in total. The van der Waals surface area contributed by atoms with Gasteiger partial charge < -0.3 is 9.47 Å². The maximum absolute atomic E-state index is 12.2. The van der Waals surface area contributed by atoms with Gasteiger partial charge in [-0.15, -0.1) is 0 Å². The Hall–Kier alpha value is -2.95. The summed E-state index contributed by atoms with van der Waals surface area (Å²) in [7, 11) is 0. The van der Waals surface area contributed by atoms with Gasteiger partial charge in [0.1, 0.15) is 0 Å². The second kappa shape index (κ2) is 8.78. The van der Waals surface area contributed by atoms with Crippen molar-refractivity contribution in [1.82, 2.24) is 0 Å². The third-order valence-corrected chi connectivity index (χ3v) is 3.68. The molecule has 0 saturated heterocycles. The lowest BCUT2D eigenvalue weighted by Crippen LogP contribution is -2.19. The molecule has 0 aliphatic carbocycles. The Kier molecular flexibility index (Phi) is 6.46. The molecule has 0 bridgehead atoms. The van der Waals surface area contributed by atoms with E-state index in [1.807, 2.05) is 26.0 Å². The lowest BCUT2D eigenvalue weighted by atomic mass is 9.99. The summed E-state index contributed by atoms with van der Waals surface area (Å²) in [6.45, 7) is 4.02. The maximum Gasteiger partial charge on any atom is 0.524 e. The molecule has 0 unspecified atom stereocenters. The highest BCUT2D eigenvalue weighted by molar-refractivity contribution is 6.01. The number of hydrogen-bond donors (Lipinski definition) is 0. The van der Waals surface area contributed by atoms with E-state index >= 15 is 0 Å². The first-order chi connectivity index (χ1) is 12.0. The van der Waals surface area contributed by atoms with Crippen molar-refractivity contribution in [3.05, 3.63) is 70.8 Å². The summed E-state index contributed by atoms with van der Waals surface area (Å²) in [6.07, 6.45) is 1.06. The normalized spacial score (nSPS) is 10.2. The number of esters is 2. The van der Waals surface area contributed by atoms with E-state index < -0.39 is 18.1 Å². The van der Waals surface area contributed by atoms with Crippen molar-refractivity contribution in [3.8, 4) is 0 Å². The van der Waals surface area contributed by atoms with Crippen LogP contribution in [0.5, 0.6) is 0 Å². The van der Waals surface area contributed by atoms with Gasteiger partial charge >= 0.3 is 18.1 Å². The zero-order valence-electron chi connectivity index (χ0n) is 14.3. The summed E-state index contributed by atoms with van der Waals surface area (Å²) < 4.78 is 9.22. The van der Waals surface area contributed by atoms with Gasteiger partial charge in [0.25, 0.3) is 0 Å². The summed E-state index contributed by atoms with van der Waals surface area (Å²) in [4.78, 5) is 35.7. The largest absolute Gasteiger partial charge is 0.524 e. The fraction of sp³-hybridized carbons (Fsp3) is 0.250. The molecule has 25 heavy (non-hydrogen) atoms. The van der Waals surface area contributed by atoms with Crippen LogP contribution in [-0.4, -0.2) is 18.1 Å². The fourth-order valence-electron chi connectivity index (χ4n) is 2.40. The Balaban J connectivity index is 2.06. The van der Waals surface area contributed by atoms with Crippen LogP contribution in [0.25, 0.3) is 0 Å². The van der Waals surface area contributed by atoms with Crippen molar-refractivity contribution in [2.75, 3.05) is 0 Å². The molecule has 0 aliphatic rings. The minimum absolute atomic E-state index is 0.200. The van der Waals surface area contributed by atoms with E-state index in [-0.39, 0.29) is 5.56 Å². The lowest BCUT2D eigenvalue weighted by molar-refractivity contribution is 0.0337. The molecule has 0 spiro atoms. The first kappa shape index (κ1) is 18.4. The highest BCUT2D eigenvalue weighted by atomic mass is 16.8. The molecule has 0 aliphatic heterocycles. The van der Waals surface area contributed by atoms with Gasteiger partial charge in [-0.05, 0) is 42.2 Å². The fourth-order valence-corrected chi connectivity index (χ4v) is 2.40.